The smallest absolute Gasteiger partial charge is 0.251 e. The van der Waals surface area contributed by atoms with Crippen LogP contribution in [0.4, 0.5) is 5.82 Å². The number of phenolic OH excluding ortho intramolecular Hbond substituents is 1. The minimum Gasteiger partial charge on any atom is -0.508 e. The average molecular weight is 311 g/mol. The third-order valence-corrected chi connectivity index (χ3v) is 3.34. The lowest BCUT2D eigenvalue weighted by Gasteiger charge is -2.08. The Kier molecular flexibility index (Phi) is 4.09. The Bertz CT molecular complexity index is 826. The summed E-state index contributed by atoms with van der Waals surface area (Å²) in [7, 11) is 0. The van der Waals surface area contributed by atoms with E-state index in [9.17, 15) is 9.90 Å². The second-order valence-electron chi connectivity index (χ2n) is 5.12. The van der Waals surface area contributed by atoms with Crippen LogP contribution >= 0.6 is 0 Å². The Hall–Kier alpha value is -3.09. The predicted octanol–water partition coefficient (Wildman–Crippen LogP) is 1.59. The molecule has 0 saturated heterocycles. The Labute approximate surface area is 133 Å². The maximum atomic E-state index is 11.9. The van der Waals surface area contributed by atoms with Gasteiger partial charge in [-0.3, -0.25) is 4.79 Å². The minimum atomic E-state index is -0.182. The van der Waals surface area contributed by atoms with Crippen molar-refractivity contribution in [1.29, 1.82) is 0 Å². The number of carbonyl (C=O) groups excluding carboxylic acids is 1. The van der Waals surface area contributed by atoms with Gasteiger partial charge in [-0.1, -0.05) is 0 Å². The highest BCUT2D eigenvalue weighted by atomic mass is 16.3. The number of aryl methyl sites for hydroxylation is 1. The van der Waals surface area contributed by atoms with Crippen molar-refractivity contribution in [2.24, 2.45) is 0 Å². The highest BCUT2D eigenvalue weighted by Crippen LogP contribution is 2.14. The number of carbonyl (C=O) groups is 1. The molecular formula is C16H17N5O2. The largest absolute Gasteiger partial charge is 0.508 e. The van der Waals surface area contributed by atoms with Gasteiger partial charge in [0.1, 0.15) is 11.3 Å². The zero-order valence-electron chi connectivity index (χ0n) is 12.7. The van der Waals surface area contributed by atoms with Crippen LogP contribution in [-0.2, 0) is 0 Å². The van der Waals surface area contributed by atoms with E-state index < -0.39 is 0 Å². The molecule has 1 amide bonds. The van der Waals surface area contributed by atoms with Crippen molar-refractivity contribution in [3.05, 3.63) is 54.0 Å². The van der Waals surface area contributed by atoms with Gasteiger partial charge in [-0.05, 0) is 37.3 Å². The first-order valence-corrected chi connectivity index (χ1v) is 7.25. The van der Waals surface area contributed by atoms with Crippen molar-refractivity contribution >= 4 is 17.2 Å². The summed E-state index contributed by atoms with van der Waals surface area (Å²) in [6.07, 6.45) is 3.47. The first kappa shape index (κ1) is 14.8. The van der Waals surface area contributed by atoms with Gasteiger partial charge in [-0.2, -0.15) is 5.10 Å². The number of aromatic nitrogens is 3. The van der Waals surface area contributed by atoms with Gasteiger partial charge < -0.3 is 15.7 Å². The van der Waals surface area contributed by atoms with Gasteiger partial charge in [0.05, 0.1) is 5.69 Å². The third kappa shape index (κ3) is 3.39. The molecule has 0 spiro atoms. The highest BCUT2D eigenvalue weighted by molar-refractivity contribution is 5.94. The molecule has 3 rings (SSSR count). The Morgan fingerprint density at radius 1 is 1.26 bits per heavy atom. The number of nitrogens with zero attached hydrogens (tertiary/aromatic N) is 3. The molecule has 0 bridgehead atoms. The number of anilines is 1. The molecule has 0 saturated carbocycles. The molecule has 0 aliphatic carbocycles. The average Bonchev–Trinajstić information content (AvgIpc) is 2.93. The molecular weight excluding hydrogens is 294 g/mol. The van der Waals surface area contributed by atoms with E-state index in [1.165, 1.54) is 12.1 Å². The number of aromatic hydroxyl groups is 1. The van der Waals surface area contributed by atoms with Crippen molar-refractivity contribution in [3.63, 3.8) is 0 Å². The van der Waals surface area contributed by atoms with Crippen LogP contribution in [0.15, 0.2) is 42.7 Å². The summed E-state index contributed by atoms with van der Waals surface area (Å²) >= 11 is 0. The van der Waals surface area contributed by atoms with Crippen molar-refractivity contribution < 1.29 is 9.90 Å². The number of rotatable bonds is 5. The standard InChI is InChI=1S/C16H17N5O2/c1-11-10-14-15(18-8-9-21(14)20-11)17-6-7-19-16(23)12-2-4-13(22)5-3-12/h2-5,8-10,22H,6-7H2,1H3,(H,17,18)(H,19,23). The fraction of sp³-hybridized carbons (Fsp3) is 0.188. The molecule has 0 aliphatic heterocycles. The van der Waals surface area contributed by atoms with Crippen molar-refractivity contribution in [3.8, 4) is 5.75 Å². The minimum absolute atomic E-state index is 0.137. The summed E-state index contributed by atoms with van der Waals surface area (Å²) in [4.78, 5) is 16.2. The highest BCUT2D eigenvalue weighted by Gasteiger charge is 2.06. The van der Waals surface area contributed by atoms with Crippen molar-refractivity contribution in [2.45, 2.75) is 6.92 Å². The number of amides is 1. The number of hydrogen-bond donors (Lipinski definition) is 3. The molecule has 23 heavy (non-hydrogen) atoms. The molecule has 3 aromatic rings. The monoisotopic (exact) mass is 311 g/mol. The lowest BCUT2D eigenvalue weighted by Crippen LogP contribution is -2.28. The Balaban J connectivity index is 1.55. The lowest BCUT2D eigenvalue weighted by molar-refractivity contribution is 0.0955. The summed E-state index contributed by atoms with van der Waals surface area (Å²) in [5.74, 6) is 0.684. The fourth-order valence-electron chi connectivity index (χ4n) is 2.25. The molecule has 0 aliphatic rings. The Morgan fingerprint density at radius 2 is 2.04 bits per heavy atom. The van der Waals surface area contributed by atoms with E-state index in [4.69, 9.17) is 0 Å². The topological polar surface area (TPSA) is 91.5 Å². The van der Waals surface area contributed by atoms with Crippen molar-refractivity contribution in [2.75, 3.05) is 18.4 Å². The molecule has 0 atom stereocenters. The van der Waals surface area contributed by atoms with Gasteiger partial charge >= 0.3 is 0 Å². The van der Waals surface area contributed by atoms with Crippen LogP contribution in [-0.4, -0.2) is 38.7 Å². The van der Waals surface area contributed by atoms with Gasteiger partial charge in [-0.15, -0.1) is 0 Å². The quantitative estimate of drug-likeness (QED) is 0.622. The summed E-state index contributed by atoms with van der Waals surface area (Å²) in [6, 6.07) is 8.08. The van der Waals surface area contributed by atoms with Crippen LogP contribution in [0.25, 0.3) is 5.52 Å². The number of benzene rings is 1. The van der Waals surface area contributed by atoms with Crippen LogP contribution in [0.1, 0.15) is 16.1 Å². The Morgan fingerprint density at radius 3 is 2.83 bits per heavy atom. The van der Waals surface area contributed by atoms with Crippen LogP contribution in [0.2, 0.25) is 0 Å². The van der Waals surface area contributed by atoms with Gasteiger partial charge in [0.15, 0.2) is 5.82 Å². The molecule has 7 nitrogen and oxygen atoms in total. The van der Waals surface area contributed by atoms with Crippen LogP contribution in [0.5, 0.6) is 5.75 Å². The van der Waals surface area contributed by atoms with E-state index in [0.717, 1.165) is 17.0 Å². The second-order valence-corrected chi connectivity index (χ2v) is 5.12. The summed E-state index contributed by atoms with van der Waals surface area (Å²) in [5.41, 5.74) is 2.32. The molecule has 0 radical (unpaired) electrons. The molecule has 7 heteroatoms. The number of phenols is 1. The molecule has 0 fully saturated rings. The van der Waals surface area contributed by atoms with Gasteiger partial charge in [0.2, 0.25) is 0 Å². The predicted molar refractivity (Wildman–Crippen MR) is 86.7 cm³/mol. The van der Waals surface area contributed by atoms with Crippen LogP contribution in [0, 0.1) is 6.92 Å². The lowest BCUT2D eigenvalue weighted by atomic mass is 10.2. The molecule has 3 N–H and O–H groups in total. The molecule has 2 heterocycles. The molecule has 2 aromatic heterocycles. The normalized spacial score (nSPS) is 10.7. The first-order chi connectivity index (χ1) is 11.1. The maximum Gasteiger partial charge on any atom is 0.251 e. The van der Waals surface area contributed by atoms with Gasteiger partial charge in [0.25, 0.3) is 5.91 Å². The fourth-order valence-corrected chi connectivity index (χ4v) is 2.25. The molecule has 0 unspecified atom stereocenters. The van der Waals surface area contributed by atoms with E-state index in [-0.39, 0.29) is 11.7 Å². The third-order valence-electron chi connectivity index (χ3n) is 3.34. The zero-order chi connectivity index (χ0) is 16.2. The first-order valence-electron chi connectivity index (χ1n) is 7.25. The summed E-state index contributed by atoms with van der Waals surface area (Å²) < 4.78 is 1.76. The zero-order valence-corrected chi connectivity index (χ0v) is 12.7. The van der Waals surface area contributed by atoms with Crippen LogP contribution < -0.4 is 10.6 Å². The van der Waals surface area contributed by atoms with E-state index in [0.29, 0.717) is 18.7 Å². The van der Waals surface area contributed by atoms with E-state index in [1.807, 2.05) is 13.0 Å². The van der Waals surface area contributed by atoms with E-state index in [2.05, 4.69) is 20.7 Å². The number of nitrogens with one attached hydrogen (secondary N) is 2. The van der Waals surface area contributed by atoms with Gasteiger partial charge in [0, 0.05) is 31.0 Å². The second kappa shape index (κ2) is 6.35. The SMILES string of the molecule is Cc1cc2c(NCCNC(=O)c3ccc(O)cc3)nccn2n1. The van der Waals surface area contributed by atoms with Crippen molar-refractivity contribution in [1.82, 2.24) is 19.9 Å². The van der Waals surface area contributed by atoms with E-state index in [1.54, 1.807) is 29.0 Å². The number of fused-ring (bicyclic) bond motifs is 1. The van der Waals surface area contributed by atoms with E-state index >= 15 is 0 Å². The number of hydrogen-bond acceptors (Lipinski definition) is 5. The van der Waals surface area contributed by atoms with Gasteiger partial charge in [-0.25, -0.2) is 9.50 Å². The van der Waals surface area contributed by atoms with Crippen LogP contribution in [0.3, 0.4) is 0 Å². The summed E-state index contributed by atoms with van der Waals surface area (Å²) in [6.45, 7) is 2.92. The molecule has 1 aromatic carbocycles. The maximum absolute atomic E-state index is 11.9. The molecule has 118 valence electrons. The summed E-state index contributed by atoms with van der Waals surface area (Å²) in [5, 5.41) is 19.5.